The van der Waals surface area contributed by atoms with E-state index < -0.39 is 97.5 Å². The highest BCUT2D eigenvalue weighted by Crippen LogP contribution is 2.45. The zero-order valence-corrected chi connectivity index (χ0v) is 62.0. The van der Waals surface area contributed by atoms with Gasteiger partial charge in [-0.15, -0.1) is 0 Å². The fourth-order valence-electron chi connectivity index (χ4n) is 11.0. The molecule has 0 aliphatic heterocycles. The Hall–Kier alpha value is -1.94. The first-order valence-electron chi connectivity index (χ1n) is 37.7. The Bertz CT molecular complexity index is 1820. The molecule has 0 aliphatic rings. The minimum atomic E-state index is -4.96. The third-order valence-corrected chi connectivity index (χ3v) is 18.7. The molecule has 0 heterocycles. The quantitative estimate of drug-likeness (QED) is 0.0222. The van der Waals surface area contributed by atoms with E-state index in [9.17, 15) is 43.2 Å². The average molecular weight is 1350 g/mol. The second kappa shape index (κ2) is 62.6. The molecule has 5 atom stereocenters. The van der Waals surface area contributed by atoms with Crippen LogP contribution in [0.25, 0.3) is 0 Å². The summed E-state index contributed by atoms with van der Waals surface area (Å²) in [5.41, 5.74) is 0. The molecule has 0 aliphatic carbocycles. The third kappa shape index (κ3) is 66.7. The van der Waals surface area contributed by atoms with E-state index in [2.05, 4.69) is 55.4 Å². The lowest BCUT2D eigenvalue weighted by Gasteiger charge is -2.21. The summed E-state index contributed by atoms with van der Waals surface area (Å²) in [7, 11) is -9.91. The molecule has 3 N–H and O–H groups in total. The lowest BCUT2D eigenvalue weighted by molar-refractivity contribution is -0.161. The maximum Gasteiger partial charge on any atom is 0.472 e. The molecule has 19 heteroatoms. The standard InChI is InChI=1S/C73H142O17P2/c1-63(2)49-41-33-25-19-15-13-11-9-10-12-14-16-22-29-39-47-55-72(77)89-68(59-83-70(75)53-45-37-28-23-17-20-26-34-42-50-64(3)4)61-87-91(79,80)85-57-67(74)58-86-92(81,82)88-62-69(60-84-71(76)54-46-38-32-31-36-44-52-66(7)8)90-73(78)56-48-40-30-24-18-21-27-35-43-51-65(5)6/h63-69,74H,9-62H2,1-8H3,(H,79,80)(H,81,82)/t67-,68-,69-/m1/s1. The Morgan fingerprint density at radius 2 is 0.457 bits per heavy atom. The molecule has 0 saturated heterocycles. The van der Waals surface area contributed by atoms with Crippen LogP contribution in [0.1, 0.15) is 364 Å². The van der Waals surface area contributed by atoms with E-state index in [-0.39, 0.29) is 25.7 Å². The number of phosphoric ester groups is 2. The van der Waals surface area contributed by atoms with Gasteiger partial charge in [0.15, 0.2) is 12.2 Å². The van der Waals surface area contributed by atoms with E-state index in [1.165, 1.54) is 161 Å². The first-order chi connectivity index (χ1) is 44.1. The fourth-order valence-corrected chi connectivity index (χ4v) is 12.6. The molecule has 0 saturated carbocycles. The van der Waals surface area contributed by atoms with Crippen molar-refractivity contribution in [2.24, 2.45) is 23.7 Å². The summed E-state index contributed by atoms with van der Waals surface area (Å²) in [4.78, 5) is 72.6. The van der Waals surface area contributed by atoms with Gasteiger partial charge < -0.3 is 33.8 Å². The Kier molecular flexibility index (Phi) is 61.3. The number of ether oxygens (including phenoxy) is 4. The summed E-state index contributed by atoms with van der Waals surface area (Å²) in [6.07, 6.45) is 46.1. The van der Waals surface area contributed by atoms with Crippen LogP contribution in [0.4, 0.5) is 0 Å². The minimum absolute atomic E-state index is 0.104. The molecule has 0 aromatic carbocycles. The van der Waals surface area contributed by atoms with Crippen molar-refractivity contribution < 1.29 is 80.2 Å². The zero-order valence-electron chi connectivity index (χ0n) is 60.2. The van der Waals surface area contributed by atoms with Crippen LogP contribution in [0.15, 0.2) is 0 Å². The number of esters is 4. The zero-order chi connectivity index (χ0) is 68.2. The summed E-state index contributed by atoms with van der Waals surface area (Å²) < 4.78 is 68.3. The number of aliphatic hydroxyl groups is 1. The number of phosphoric acid groups is 2. The fraction of sp³-hybridized carbons (Fsp3) is 0.945. The van der Waals surface area contributed by atoms with Crippen LogP contribution in [0.3, 0.4) is 0 Å². The number of unbranched alkanes of at least 4 members (excludes halogenated alkanes) is 36. The predicted molar refractivity (Wildman–Crippen MR) is 372 cm³/mol. The molecule has 546 valence electrons. The van der Waals surface area contributed by atoms with Gasteiger partial charge in [-0.25, -0.2) is 9.13 Å². The maximum absolute atomic E-state index is 13.0. The van der Waals surface area contributed by atoms with Crippen molar-refractivity contribution >= 4 is 39.5 Å². The lowest BCUT2D eigenvalue weighted by Crippen LogP contribution is -2.30. The van der Waals surface area contributed by atoms with Gasteiger partial charge in [0.2, 0.25) is 0 Å². The molecule has 0 aromatic rings. The maximum atomic E-state index is 13.0. The molecule has 0 spiro atoms. The van der Waals surface area contributed by atoms with Crippen molar-refractivity contribution in [2.45, 2.75) is 382 Å². The molecule has 0 amide bonds. The number of aliphatic hydroxyl groups excluding tert-OH is 1. The van der Waals surface area contributed by atoms with E-state index in [1.54, 1.807) is 0 Å². The van der Waals surface area contributed by atoms with Crippen molar-refractivity contribution in [1.82, 2.24) is 0 Å². The van der Waals surface area contributed by atoms with Crippen LogP contribution in [0.2, 0.25) is 0 Å². The summed E-state index contributed by atoms with van der Waals surface area (Å²) in [6, 6.07) is 0. The second-order valence-corrected chi connectivity index (χ2v) is 31.1. The number of carbonyl (C=O) groups excluding carboxylic acids is 4. The number of carbonyl (C=O) groups is 4. The van der Waals surface area contributed by atoms with Crippen molar-refractivity contribution in [3.63, 3.8) is 0 Å². The van der Waals surface area contributed by atoms with Gasteiger partial charge in [0.05, 0.1) is 26.4 Å². The van der Waals surface area contributed by atoms with E-state index in [0.717, 1.165) is 114 Å². The summed E-state index contributed by atoms with van der Waals surface area (Å²) in [6.45, 7) is 14.1. The van der Waals surface area contributed by atoms with E-state index in [0.29, 0.717) is 31.6 Å². The van der Waals surface area contributed by atoms with E-state index in [1.807, 2.05) is 0 Å². The Morgan fingerprint density at radius 1 is 0.272 bits per heavy atom. The second-order valence-electron chi connectivity index (χ2n) is 28.2. The van der Waals surface area contributed by atoms with Crippen LogP contribution in [-0.4, -0.2) is 96.7 Å². The molecular weight excluding hydrogens is 1210 g/mol. The van der Waals surface area contributed by atoms with Crippen LogP contribution >= 0.6 is 15.6 Å². The molecule has 2 unspecified atom stereocenters. The molecule has 0 fully saturated rings. The summed E-state index contributed by atoms with van der Waals surface area (Å²) >= 11 is 0. The van der Waals surface area contributed by atoms with E-state index >= 15 is 0 Å². The highest BCUT2D eigenvalue weighted by molar-refractivity contribution is 7.47. The van der Waals surface area contributed by atoms with Crippen molar-refractivity contribution in [3.8, 4) is 0 Å². The van der Waals surface area contributed by atoms with Crippen LogP contribution < -0.4 is 0 Å². The van der Waals surface area contributed by atoms with Gasteiger partial charge in [-0.3, -0.25) is 37.3 Å². The van der Waals surface area contributed by atoms with Gasteiger partial charge in [0.25, 0.3) is 0 Å². The van der Waals surface area contributed by atoms with E-state index in [4.69, 9.17) is 37.0 Å². The molecule has 0 radical (unpaired) electrons. The molecule has 0 bridgehead atoms. The molecule has 17 nitrogen and oxygen atoms in total. The Balaban J connectivity index is 5.22. The molecule has 0 aromatic heterocycles. The topological polar surface area (TPSA) is 237 Å². The predicted octanol–water partition coefficient (Wildman–Crippen LogP) is 20.9. The highest BCUT2D eigenvalue weighted by atomic mass is 31.2. The number of hydrogen-bond donors (Lipinski definition) is 3. The number of rotatable bonds is 70. The normalized spacial score (nSPS) is 14.2. The monoisotopic (exact) mass is 1350 g/mol. The smallest absolute Gasteiger partial charge is 0.462 e. The van der Waals surface area contributed by atoms with Crippen molar-refractivity contribution in [1.29, 1.82) is 0 Å². The first kappa shape index (κ1) is 90.1. The summed E-state index contributed by atoms with van der Waals surface area (Å²) in [5.74, 6) is 0.841. The lowest BCUT2D eigenvalue weighted by atomic mass is 10.0. The molecule has 92 heavy (non-hydrogen) atoms. The summed E-state index contributed by atoms with van der Waals surface area (Å²) in [5, 5.41) is 10.6. The third-order valence-electron chi connectivity index (χ3n) is 16.8. The van der Waals surface area contributed by atoms with Crippen LogP contribution in [-0.2, 0) is 65.4 Å². The molecule has 0 rings (SSSR count). The highest BCUT2D eigenvalue weighted by Gasteiger charge is 2.30. The van der Waals surface area contributed by atoms with Crippen LogP contribution in [0.5, 0.6) is 0 Å². The average Bonchev–Trinajstić information content (AvgIpc) is 1.54. The van der Waals surface area contributed by atoms with Gasteiger partial charge in [-0.05, 0) is 49.4 Å². The first-order valence-corrected chi connectivity index (χ1v) is 40.7. The number of hydrogen-bond acceptors (Lipinski definition) is 15. The van der Waals surface area contributed by atoms with Crippen molar-refractivity contribution in [3.05, 3.63) is 0 Å². The van der Waals surface area contributed by atoms with Gasteiger partial charge in [-0.1, -0.05) is 312 Å². The van der Waals surface area contributed by atoms with Gasteiger partial charge in [-0.2, -0.15) is 0 Å². The molecular formula is C73H142O17P2. The minimum Gasteiger partial charge on any atom is -0.462 e. The van der Waals surface area contributed by atoms with Gasteiger partial charge in [0.1, 0.15) is 19.3 Å². The Labute approximate surface area is 562 Å². The van der Waals surface area contributed by atoms with Crippen molar-refractivity contribution in [2.75, 3.05) is 39.6 Å². The van der Waals surface area contributed by atoms with Gasteiger partial charge >= 0.3 is 39.5 Å². The largest absolute Gasteiger partial charge is 0.472 e. The SMILES string of the molecule is CC(C)CCCCCCCCCCCCCCCCCCC(=O)O[C@H](COC(=O)CCCCCCCCCCCC(C)C)COP(=O)(O)OC[C@@H](O)COP(=O)(O)OC[C@@H](COC(=O)CCCCCCCCC(C)C)OC(=O)CCCCCCCCCCCC(C)C. The van der Waals surface area contributed by atoms with Gasteiger partial charge in [0, 0.05) is 25.7 Å². The Morgan fingerprint density at radius 3 is 0.674 bits per heavy atom. The van der Waals surface area contributed by atoms with Crippen LogP contribution in [0, 0.1) is 23.7 Å².